The van der Waals surface area contributed by atoms with E-state index in [0.29, 0.717) is 0 Å². The first-order chi connectivity index (χ1) is 6.83. The molecule has 0 atom stereocenters. The number of anilines is 1. The van der Waals surface area contributed by atoms with Crippen molar-refractivity contribution in [1.29, 1.82) is 0 Å². The smallest absolute Gasteiger partial charge is 0.182 e. The van der Waals surface area contributed by atoms with Gasteiger partial charge in [0.1, 0.15) is 0 Å². The Morgan fingerprint density at radius 2 is 2.14 bits per heavy atom. The highest BCUT2D eigenvalue weighted by Gasteiger charge is 1.96. The fourth-order valence-electron chi connectivity index (χ4n) is 1.20. The Balaban J connectivity index is 1.99. The molecule has 0 unspecified atom stereocenters. The van der Waals surface area contributed by atoms with Gasteiger partial charge in [-0.15, -0.1) is 22.9 Å². The topological polar surface area (TPSA) is 24.9 Å². The second-order valence-corrected chi connectivity index (χ2v) is 4.56. The van der Waals surface area contributed by atoms with E-state index < -0.39 is 0 Å². The standard InChI is InChI=1S/C10H17ClN2S/c1-9-8-14-10(13-9)12-7-5-3-2-4-6-11/h8H,2-7H2,1H3,(H,12,13). The van der Waals surface area contributed by atoms with Gasteiger partial charge in [-0.3, -0.25) is 0 Å². The van der Waals surface area contributed by atoms with Crippen molar-refractivity contribution in [3.8, 4) is 0 Å². The summed E-state index contributed by atoms with van der Waals surface area (Å²) in [4.78, 5) is 4.33. The zero-order valence-corrected chi connectivity index (χ0v) is 10.1. The van der Waals surface area contributed by atoms with E-state index in [2.05, 4.69) is 15.7 Å². The molecule has 0 saturated heterocycles. The van der Waals surface area contributed by atoms with Crippen molar-refractivity contribution in [3.05, 3.63) is 11.1 Å². The van der Waals surface area contributed by atoms with Gasteiger partial charge < -0.3 is 5.32 Å². The maximum absolute atomic E-state index is 5.59. The Bertz CT molecular complexity index is 250. The Morgan fingerprint density at radius 1 is 1.36 bits per heavy atom. The molecule has 0 aliphatic rings. The first-order valence-electron chi connectivity index (χ1n) is 5.05. The summed E-state index contributed by atoms with van der Waals surface area (Å²) in [6.07, 6.45) is 4.83. The zero-order valence-electron chi connectivity index (χ0n) is 8.55. The van der Waals surface area contributed by atoms with Crippen LogP contribution in [0.15, 0.2) is 5.38 Å². The zero-order chi connectivity index (χ0) is 10.2. The largest absolute Gasteiger partial charge is 0.362 e. The SMILES string of the molecule is Cc1csc(NCCCCCCCl)n1. The van der Waals surface area contributed by atoms with Gasteiger partial charge in [0.25, 0.3) is 0 Å². The third-order valence-electron chi connectivity index (χ3n) is 1.96. The molecule has 0 aliphatic heterocycles. The molecule has 0 saturated carbocycles. The highest BCUT2D eigenvalue weighted by Crippen LogP contribution is 2.14. The van der Waals surface area contributed by atoms with Crippen LogP contribution in [-0.4, -0.2) is 17.4 Å². The lowest BCUT2D eigenvalue weighted by atomic mass is 10.2. The summed E-state index contributed by atoms with van der Waals surface area (Å²) in [5, 5.41) is 6.42. The number of aromatic nitrogens is 1. The van der Waals surface area contributed by atoms with Crippen LogP contribution in [0.5, 0.6) is 0 Å². The number of alkyl halides is 1. The van der Waals surface area contributed by atoms with Crippen molar-refractivity contribution in [2.24, 2.45) is 0 Å². The highest BCUT2D eigenvalue weighted by atomic mass is 35.5. The molecule has 0 amide bonds. The first kappa shape index (κ1) is 11.8. The molecular formula is C10H17ClN2S. The van der Waals surface area contributed by atoms with Gasteiger partial charge in [0, 0.05) is 17.8 Å². The minimum Gasteiger partial charge on any atom is -0.362 e. The number of nitrogens with one attached hydrogen (secondary N) is 1. The van der Waals surface area contributed by atoms with E-state index >= 15 is 0 Å². The summed E-state index contributed by atoms with van der Waals surface area (Å²) in [5.74, 6) is 0.791. The number of hydrogen-bond donors (Lipinski definition) is 1. The third kappa shape index (κ3) is 4.82. The van der Waals surface area contributed by atoms with Crippen molar-refractivity contribution < 1.29 is 0 Å². The number of halogens is 1. The van der Waals surface area contributed by atoms with Crippen LogP contribution in [0.4, 0.5) is 5.13 Å². The third-order valence-corrected chi connectivity index (χ3v) is 3.14. The summed E-state index contributed by atoms with van der Waals surface area (Å²) >= 11 is 7.26. The molecule has 1 rings (SSSR count). The van der Waals surface area contributed by atoms with Crippen LogP contribution < -0.4 is 5.32 Å². The van der Waals surface area contributed by atoms with E-state index in [1.807, 2.05) is 6.92 Å². The van der Waals surface area contributed by atoms with E-state index in [1.54, 1.807) is 11.3 Å². The molecule has 1 heterocycles. The molecule has 14 heavy (non-hydrogen) atoms. The number of thiazole rings is 1. The summed E-state index contributed by atoms with van der Waals surface area (Å²) in [5.41, 5.74) is 1.10. The molecule has 0 aromatic carbocycles. The maximum atomic E-state index is 5.59. The monoisotopic (exact) mass is 232 g/mol. The summed E-state index contributed by atoms with van der Waals surface area (Å²) < 4.78 is 0. The van der Waals surface area contributed by atoms with Gasteiger partial charge in [-0.25, -0.2) is 4.98 Å². The Labute approximate surface area is 94.7 Å². The fourth-order valence-corrected chi connectivity index (χ4v) is 2.11. The lowest BCUT2D eigenvalue weighted by Gasteiger charge is -2.01. The molecule has 1 aromatic rings. The van der Waals surface area contributed by atoms with Crippen molar-refractivity contribution in [1.82, 2.24) is 4.98 Å². The van der Waals surface area contributed by atoms with Crippen molar-refractivity contribution in [3.63, 3.8) is 0 Å². The molecule has 80 valence electrons. The minimum atomic E-state index is 0.791. The first-order valence-corrected chi connectivity index (χ1v) is 6.46. The number of hydrogen-bond acceptors (Lipinski definition) is 3. The van der Waals surface area contributed by atoms with Gasteiger partial charge >= 0.3 is 0 Å². The highest BCUT2D eigenvalue weighted by molar-refractivity contribution is 7.13. The second-order valence-electron chi connectivity index (χ2n) is 3.32. The van der Waals surface area contributed by atoms with Crippen molar-refractivity contribution in [2.45, 2.75) is 32.6 Å². The van der Waals surface area contributed by atoms with Gasteiger partial charge in [0.2, 0.25) is 0 Å². The van der Waals surface area contributed by atoms with E-state index in [-0.39, 0.29) is 0 Å². The Hall–Kier alpha value is -0.280. The average molecular weight is 233 g/mol. The predicted octanol–water partition coefficient (Wildman–Crippen LogP) is 3.66. The maximum Gasteiger partial charge on any atom is 0.182 e. The molecule has 0 bridgehead atoms. The molecular weight excluding hydrogens is 216 g/mol. The molecule has 0 spiro atoms. The van der Waals surface area contributed by atoms with Crippen LogP contribution in [0.25, 0.3) is 0 Å². The van der Waals surface area contributed by atoms with E-state index in [4.69, 9.17) is 11.6 Å². The lowest BCUT2D eigenvalue weighted by molar-refractivity contribution is 0.687. The molecule has 2 nitrogen and oxygen atoms in total. The van der Waals surface area contributed by atoms with Gasteiger partial charge in [-0.1, -0.05) is 12.8 Å². The van der Waals surface area contributed by atoms with E-state index in [0.717, 1.165) is 29.7 Å². The Morgan fingerprint density at radius 3 is 2.79 bits per heavy atom. The van der Waals surface area contributed by atoms with Crippen LogP contribution in [0.3, 0.4) is 0 Å². The summed E-state index contributed by atoms with van der Waals surface area (Å²) in [6, 6.07) is 0. The van der Waals surface area contributed by atoms with Crippen LogP contribution in [0.1, 0.15) is 31.4 Å². The normalized spacial score (nSPS) is 10.4. The summed E-state index contributed by atoms with van der Waals surface area (Å²) in [7, 11) is 0. The van der Waals surface area contributed by atoms with Gasteiger partial charge in [0.15, 0.2) is 5.13 Å². The van der Waals surface area contributed by atoms with Crippen LogP contribution in [0.2, 0.25) is 0 Å². The van der Waals surface area contributed by atoms with Gasteiger partial charge in [0.05, 0.1) is 5.69 Å². The van der Waals surface area contributed by atoms with Crippen LogP contribution in [-0.2, 0) is 0 Å². The minimum absolute atomic E-state index is 0.791. The fraction of sp³-hybridized carbons (Fsp3) is 0.700. The van der Waals surface area contributed by atoms with E-state index in [1.165, 1.54) is 19.3 Å². The lowest BCUT2D eigenvalue weighted by Crippen LogP contribution is -2.00. The van der Waals surface area contributed by atoms with Crippen molar-refractivity contribution >= 4 is 28.1 Å². The molecule has 4 heteroatoms. The second kappa shape index (κ2) is 7.07. The predicted molar refractivity (Wildman–Crippen MR) is 64.5 cm³/mol. The number of nitrogens with zero attached hydrogens (tertiary/aromatic N) is 1. The molecule has 1 N–H and O–H groups in total. The molecule has 0 fully saturated rings. The van der Waals surface area contributed by atoms with Crippen molar-refractivity contribution in [2.75, 3.05) is 17.7 Å². The van der Waals surface area contributed by atoms with Crippen LogP contribution in [0, 0.1) is 6.92 Å². The van der Waals surface area contributed by atoms with Crippen LogP contribution >= 0.6 is 22.9 Å². The van der Waals surface area contributed by atoms with E-state index in [9.17, 15) is 0 Å². The number of aryl methyl sites for hydroxylation is 1. The van der Waals surface area contributed by atoms with Gasteiger partial charge in [-0.05, 0) is 19.8 Å². The molecule has 0 aliphatic carbocycles. The number of unbranched alkanes of at least 4 members (excludes halogenated alkanes) is 3. The quantitative estimate of drug-likeness (QED) is 0.573. The number of rotatable bonds is 7. The molecule has 1 aromatic heterocycles. The summed E-state index contributed by atoms with van der Waals surface area (Å²) in [6.45, 7) is 3.04. The van der Waals surface area contributed by atoms with Gasteiger partial charge in [-0.2, -0.15) is 0 Å². The Kier molecular flexibility index (Phi) is 5.96. The molecule has 0 radical (unpaired) electrons. The average Bonchev–Trinajstić information content (AvgIpc) is 2.58.